The maximum absolute atomic E-state index is 6.45. The van der Waals surface area contributed by atoms with Crippen LogP contribution < -0.4 is 5.73 Å². The number of rotatable bonds is 6. The minimum Gasteiger partial charge on any atom is -0.379 e. The van der Waals surface area contributed by atoms with Crippen molar-refractivity contribution >= 4 is 11.0 Å². The fraction of sp³-hybridized carbons (Fsp3) is 0.611. The first kappa shape index (κ1) is 16.4. The molecule has 126 valence electrons. The first-order chi connectivity index (χ1) is 11.1. The van der Waals surface area contributed by atoms with Gasteiger partial charge in [-0.25, -0.2) is 4.98 Å². The van der Waals surface area contributed by atoms with E-state index in [-0.39, 0.29) is 6.04 Å². The molecule has 1 aliphatic rings. The Hall–Kier alpha value is -1.43. The van der Waals surface area contributed by atoms with Gasteiger partial charge in [0.25, 0.3) is 0 Å². The monoisotopic (exact) mass is 316 g/mol. The molecule has 0 amide bonds. The van der Waals surface area contributed by atoms with Crippen LogP contribution in [0.5, 0.6) is 0 Å². The molecule has 1 aliphatic heterocycles. The van der Waals surface area contributed by atoms with E-state index in [0.717, 1.165) is 57.2 Å². The number of hydrogen-bond acceptors (Lipinski definition) is 4. The van der Waals surface area contributed by atoms with E-state index >= 15 is 0 Å². The summed E-state index contributed by atoms with van der Waals surface area (Å²) in [6.07, 6.45) is 0.959. The zero-order chi connectivity index (χ0) is 16.2. The van der Waals surface area contributed by atoms with E-state index in [2.05, 4.69) is 41.5 Å². The number of nitrogens with two attached hydrogens (primary N) is 1. The van der Waals surface area contributed by atoms with Crippen molar-refractivity contribution in [3.8, 4) is 0 Å². The minimum absolute atomic E-state index is 0.00732. The number of morpholine rings is 1. The van der Waals surface area contributed by atoms with Crippen LogP contribution in [-0.4, -0.2) is 47.3 Å². The highest BCUT2D eigenvalue weighted by Crippen LogP contribution is 2.23. The maximum Gasteiger partial charge on any atom is 0.126 e. The molecular formula is C18H28N4O. The molecule has 5 nitrogen and oxygen atoms in total. The summed E-state index contributed by atoms with van der Waals surface area (Å²) in [5, 5.41) is 0. The van der Waals surface area contributed by atoms with E-state index in [1.807, 2.05) is 6.07 Å². The fourth-order valence-electron chi connectivity index (χ4n) is 3.29. The van der Waals surface area contributed by atoms with Crippen LogP contribution in [-0.2, 0) is 11.3 Å². The average Bonchev–Trinajstić information content (AvgIpc) is 2.92. The summed E-state index contributed by atoms with van der Waals surface area (Å²) >= 11 is 0. The molecule has 3 rings (SSSR count). The lowest BCUT2D eigenvalue weighted by atomic mass is 10.0. The van der Waals surface area contributed by atoms with Gasteiger partial charge in [-0.3, -0.25) is 4.90 Å². The Morgan fingerprint density at radius 1 is 1.17 bits per heavy atom. The highest BCUT2D eigenvalue weighted by molar-refractivity contribution is 5.76. The Morgan fingerprint density at radius 2 is 1.91 bits per heavy atom. The molecule has 2 heterocycles. The number of fused-ring (bicyclic) bond motifs is 1. The van der Waals surface area contributed by atoms with Crippen LogP contribution in [0, 0.1) is 5.92 Å². The number of aromatic nitrogens is 2. The van der Waals surface area contributed by atoms with Gasteiger partial charge >= 0.3 is 0 Å². The SMILES string of the molecule is CC(C)CC(N)c1nc2ccccc2n1CCN1CCOCC1. The molecule has 1 aromatic carbocycles. The van der Waals surface area contributed by atoms with Crippen molar-refractivity contribution in [2.75, 3.05) is 32.8 Å². The van der Waals surface area contributed by atoms with Crippen LogP contribution in [0.2, 0.25) is 0 Å². The molecule has 5 heteroatoms. The number of benzene rings is 1. The molecule has 1 unspecified atom stereocenters. The van der Waals surface area contributed by atoms with Gasteiger partial charge in [-0.05, 0) is 24.5 Å². The number of nitrogens with zero attached hydrogens (tertiary/aromatic N) is 3. The second-order valence-electron chi connectivity index (χ2n) is 6.80. The lowest BCUT2D eigenvalue weighted by molar-refractivity contribution is 0.0364. The predicted molar refractivity (Wildman–Crippen MR) is 93.4 cm³/mol. The zero-order valence-electron chi connectivity index (χ0n) is 14.2. The highest BCUT2D eigenvalue weighted by Gasteiger charge is 2.19. The molecule has 1 aromatic heterocycles. The topological polar surface area (TPSA) is 56.3 Å². The van der Waals surface area contributed by atoms with E-state index in [4.69, 9.17) is 15.5 Å². The van der Waals surface area contributed by atoms with Crippen molar-refractivity contribution in [3.05, 3.63) is 30.1 Å². The van der Waals surface area contributed by atoms with Crippen molar-refractivity contribution < 1.29 is 4.74 Å². The smallest absolute Gasteiger partial charge is 0.126 e. The summed E-state index contributed by atoms with van der Waals surface area (Å²) in [5.74, 6) is 1.59. The molecule has 0 saturated carbocycles. The number of ether oxygens (including phenoxy) is 1. The normalized spacial score (nSPS) is 17.9. The molecule has 2 aromatic rings. The maximum atomic E-state index is 6.45. The van der Waals surface area contributed by atoms with Gasteiger partial charge in [-0.1, -0.05) is 26.0 Å². The van der Waals surface area contributed by atoms with Crippen molar-refractivity contribution in [2.45, 2.75) is 32.9 Å². The van der Waals surface area contributed by atoms with E-state index in [1.165, 1.54) is 5.52 Å². The van der Waals surface area contributed by atoms with Gasteiger partial charge in [-0.15, -0.1) is 0 Å². The van der Waals surface area contributed by atoms with Crippen LogP contribution >= 0.6 is 0 Å². The van der Waals surface area contributed by atoms with Gasteiger partial charge in [0.05, 0.1) is 30.3 Å². The Labute approximate surface area is 138 Å². The first-order valence-electron chi connectivity index (χ1n) is 8.66. The summed E-state index contributed by atoms with van der Waals surface area (Å²) in [6.45, 7) is 10.1. The average molecular weight is 316 g/mol. The van der Waals surface area contributed by atoms with Gasteiger partial charge < -0.3 is 15.0 Å². The molecule has 1 atom stereocenters. The standard InChI is InChI=1S/C18H28N4O/c1-14(2)13-15(19)18-20-16-5-3-4-6-17(16)22(18)8-7-21-9-11-23-12-10-21/h3-6,14-15H,7-13,19H2,1-2H3. The summed E-state index contributed by atoms with van der Waals surface area (Å²) in [6, 6.07) is 8.33. The molecule has 1 fully saturated rings. The van der Waals surface area contributed by atoms with Crippen molar-refractivity contribution in [2.24, 2.45) is 11.7 Å². The molecule has 1 saturated heterocycles. The molecule has 0 spiro atoms. The Bertz CT molecular complexity index is 631. The van der Waals surface area contributed by atoms with Crippen LogP contribution in [0.3, 0.4) is 0 Å². The van der Waals surface area contributed by atoms with E-state index in [0.29, 0.717) is 5.92 Å². The fourth-order valence-corrected chi connectivity index (χ4v) is 3.29. The molecule has 0 bridgehead atoms. The minimum atomic E-state index is -0.00732. The summed E-state index contributed by atoms with van der Waals surface area (Å²) in [4.78, 5) is 7.28. The quantitative estimate of drug-likeness (QED) is 0.889. The van der Waals surface area contributed by atoms with Gasteiger partial charge in [0.15, 0.2) is 0 Å². The number of imidazole rings is 1. The van der Waals surface area contributed by atoms with Gasteiger partial charge in [0.1, 0.15) is 5.82 Å². The number of hydrogen-bond donors (Lipinski definition) is 1. The van der Waals surface area contributed by atoms with E-state index < -0.39 is 0 Å². The van der Waals surface area contributed by atoms with Gasteiger partial charge in [-0.2, -0.15) is 0 Å². The Kier molecular flexibility index (Phi) is 5.30. The van der Waals surface area contributed by atoms with Crippen LogP contribution in [0.1, 0.15) is 32.1 Å². The lowest BCUT2D eigenvalue weighted by Gasteiger charge is -2.27. The molecule has 0 aliphatic carbocycles. The molecule has 2 N–H and O–H groups in total. The molecule has 23 heavy (non-hydrogen) atoms. The third kappa shape index (κ3) is 3.91. The zero-order valence-corrected chi connectivity index (χ0v) is 14.2. The Balaban J connectivity index is 1.83. The van der Waals surface area contributed by atoms with E-state index in [1.54, 1.807) is 0 Å². The van der Waals surface area contributed by atoms with Crippen molar-refractivity contribution in [3.63, 3.8) is 0 Å². The largest absolute Gasteiger partial charge is 0.379 e. The summed E-state index contributed by atoms with van der Waals surface area (Å²) < 4.78 is 7.75. The van der Waals surface area contributed by atoms with Crippen LogP contribution in [0.4, 0.5) is 0 Å². The highest BCUT2D eigenvalue weighted by atomic mass is 16.5. The second-order valence-corrected chi connectivity index (χ2v) is 6.80. The van der Waals surface area contributed by atoms with Gasteiger partial charge in [0.2, 0.25) is 0 Å². The number of para-hydroxylation sites is 2. The third-order valence-electron chi connectivity index (χ3n) is 4.48. The molecule has 0 radical (unpaired) electrons. The van der Waals surface area contributed by atoms with E-state index in [9.17, 15) is 0 Å². The first-order valence-corrected chi connectivity index (χ1v) is 8.66. The predicted octanol–water partition coefficient (Wildman–Crippen LogP) is 2.41. The molecular weight excluding hydrogens is 288 g/mol. The van der Waals surface area contributed by atoms with Crippen LogP contribution in [0.15, 0.2) is 24.3 Å². The lowest BCUT2D eigenvalue weighted by Crippen LogP contribution is -2.38. The Morgan fingerprint density at radius 3 is 2.65 bits per heavy atom. The van der Waals surface area contributed by atoms with Crippen molar-refractivity contribution in [1.82, 2.24) is 14.5 Å². The van der Waals surface area contributed by atoms with Crippen LogP contribution in [0.25, 0.3) is 11.0 Å². The van der Waals surface area contributed by atoms with Crippen molar-refractivity contribution in [1.29, 1.82) is 0 Å². The van der Waals surface area contributed by atoms with Gasteiger partial charge in [0, 0.05) is 26.2 Å². The summed E-state index contributed by atoms with van der Waals surface area (Å²) in [7, 11) is 0. The third-order valence-corrected chi connectivity index (χ3v) is 4.48. The second kappa shape index (κ2) is 7.43. The summed E-state index contributed by atoms with van der Waals surface area (Å²) in [5.41, 5.74) is 8.69.